The zero-order chi connectivity index (χ0) is 18.5. The fourth-order valence-electron chi connectivity index (χ4n) is 2.43. The van der Waals surface area contributed by atoms with Crippen molar-refractivity contribution in [3.05, 3.63) is 71.8 Å². The highest BCUT2D eigenvalue weighted by atomic mass is 79.9. The first-order valence-electron chi connectivity index (χ1n) is 7.87. The molecule has 1 heterocycles. The first kappa shape index (κ1) is 18.3. The zero-order valence-corrected chi connectivity index (χ0v) is 15.1. The number of Topliss-reactive ketones (excluding diaryl/α,β-unsaturated/α-hetero) is 1. The van der Waals surface area contributed by atoms with Crippen LogP contribution < -0.4 is 0 Å². The molecule has 6 nitrogen and oxygen atoms in total. The van der Waals surface area contributed by atoms with Gasteiger partial charge in [-0.15, -0.1) is 0 Å². The van der Waals surface area contributed by atoms with E-state index in [4.69, 9.17) is 14.2 Å². The lowest BCUT2D eigenvalue weighted by molar-refractivity contribution is -0.156. The maximum absolute atomic E-state index is 12.4. The van der Waals surface area contributed by atoms with E-state index in [9.17, 15) is 14.4 Å². The topological polar surface area (TPSA) is 78.9 Å². The van der Waals surface area contributed by atoms with E-state index in [1.54, 1.807) is 60.7 Å². The second-order valence-electron chi connectivity index (χ2n) is 5.55. The van der Waals surface area contributed by atoms with Crippen LogP contribution in [-0.4, -0.2) is 41.5 Å². The number of hydrogen-bond acceptors (Lipinski definition) is 6. The van der Waals surface area contributed by atoms with Gasteiger partial charge in [0.25, 0.3) is 0 Å². The molecule has 1 saturated heterocycles. The van der Waals surface area contributed by atoms with E-state index >= 15 is 0 Å². The Kier molecular flexibility index (Phi) is 5.80. The molecule has 2 aromatic carbocycles. The molecule has 3 atom stereocenters. The number of halogens is 1. The van der Waals surface area contributed by atoms with Crippen LogP contribution in [0.5, 0.6) is 0 Å². The smallest absolute Gasteiger partial charge is 0.338 e. The van der Waals surface area contributed by atoms with E-state index in [1.807, 2.05) is 0 Å². The number of esters is 2. The standard InChI is InChI=1S/C19H15BrO6/c20-17-15(21)16(26-19(23)13-9-5-2-6-10-13)14(11-24-17)25-18(22)12-7-3-1-4-8-12/h1-10,14,16-17H,11H2/t14-,16+,17+/m1/s1. The summed E-state index contributed by atoms with van der Waals surface area (Å²) in [6.45, 7) is -0.0764. The lowest BCUT2D eigenvalue weighted by Crippen LogP contribution is -2.51. The Bertz CT molecular complexity index is 792. The van der Waals surface area contributed by atoms with Crippen LogP contribution in [0.3, 0.4) is 0 Å². The summed E-state index contributed by atoms with van der Waals surface area (Å²) < 4.78 is 16.0. The van der Waals surface area contributed by atoms with Crippen LogP contribution in [0.15, 0.2) is 60.7 Å². The van der Waals surface area contributed by atoms with Gasteiger partial charge in [0.2, 0.25) is 11.9 Å². The average Bonchev–Trinajstić information content (AvgIpc) is 2.68. The van der Waals surface area contributed by atoms with Gasteiger partial charge in [-0.25, -0.2) is 9.59 Å². The summed E-state index contributed by atoms with van der Waals surface area (Å²) in [4.78, 5) is 36.9. The van der Waals surface area contributed by atoms with Crippen molar-refractivity contribution < 1.29 is 28.6 Å². The van der Waals surface area contributed by atoms with Crippen LogP contribution in [0.2, 0.25) is 0 Å². The van der Waals surface area contributed by atoms with E-state index < -0.39 is 34.9 Å². The minimum Gasteiger partial charge on any atom is -0.452 e. The molecule has 1 aliphatic heterocycles. The number of hydrogen-bond donors (Lipinski definition) is 0. The molecular weight excluding hydrogens is 404 g/mol. The van der Waals surface area contributed by atoms with Crippen molar-refractivity contribution in [2.45, 2.75) is 17.2 Å². The summed E-state index contributed by atoms with van der Waals surface area (Å²) in [7, 11) is 0. The highest BCUT2D eigenvalue weighted by Gasteiger charge is 2.43. The Morgan fingerprint density at radius 1 is 0.885 bits per heavy atom. The Hall–Kier alpha value is -2.51. The Labute approximate surface area is 158 Å². The number of rotatable bonds is 4. The second-order valence-corrected chi connectivity index (χ2v) is 6.39. The molecule has 7 heteroatoms. The van der Waals surface area contributed by atoms with Crippen LogP contribution >= 0.6 is 15.9 Å². The molecule has 0 aliphatic carbocycles. The van der Waals surface area contributed by atoms with Crippen molar-refractivity contribution >= 4 is 33.7 Å². The average molecular weight is 419 g/mol. The molecule has 0 amide bonds. The SMILES string of the molecule is O=C(O[C@@H]1C(=O)[C@@H](Br)OC[C@H]1OC(=O)c1ccccc1)c1ccccc1. The van der Waals surface area contributed by atoms with Gasteiger partial charge in [-0.3, -0.25) is 4.79 Å². The number of ketones is 1. The van der Waals surface area contributed by atoms with Gasteiger partial charge in [0.15, 0.2) is 11.1 Å². The minimum atomic E-state index is -1.26. The molecule has 2 aromatic rings. The number of benzene rings is 2. The Morgan fingerprint density at radius 2 is 1.38 bits per heavy atom. The highest BCUT2D eigenvalue weighted by molar-refractivity contribution is 9.09. The van der Waals surface area contributed by atoms with Gasteiger partial charge >= 0.3 is 11.9 Å². The Balaban J connectivity index is 1.75. The van der Waals surface area contributed by atoms with Crippen molar-refractivity contribution in [3.63, 3.8) is 0 Å². The largest absolute Gasteiger partial charge is 0.452 e. The lowest BCUT2D eigenvalue weighted by atomic mass is 10.1. The molecule has 0 aromatic heterocycles. The third-order valence-electron chi connectivity index (χ3n) is 3.76. The third kappa shape index (κ3) is 4.17. The molecule has 134 valence electrons. The fourth-order valence-corrected chi connectivity index (χ4v) is 2.84. The van der Waals surface area contributed by atoms with E-state index in [0.717, 1.165) is 0 Å². The maximum atomic E-state index is 12.4. The maximum Gasteiger partial charge on any atom is 0.338 e. The summed E-state index contributed by atoms with van der Waals surface area (Å²) in [5, 5.41) is -0.928. The lowest BCUT2D eigenvalue weighted by Gasteiger charge is -2.31. The van der Waals surface area contributed by atoms with Gasteiger partial charge in [-0.2, -0.15) is 0 Å². The molecule has 0 spiro atoms. The first-order valence-corrected chi connectivity index (χ1v) is 8.79. The molecule has 0 unspecified atom stereocenters. The Morgan fingerprint density at radius 3 is 1.92 bits per heavy atom. The molecule has 3 rings (SSSR count). The summed E-state index contributed by atoms with van der Waals surface area (Å²) in [5.74, 6) is -1.82. The van der Waals surface area contributed by atoms with Crippen molar-refractivity contribution in [2.24, 2.45) is 0 Å². The van der Waals surface area contributed by atoms with Crippen molar-refractivity contribution in [1.29, 1.82) is 0 Å². The first-order chi connectivity index (χ1) is 12.6. The van der Waals surface area contributed by atoms with Crippen LogP contribution in [0.25, 0.3) is 0 Å². The molecule has 0 radical (unpaired) electrons. The number of carbonyl (C=O) groups excluding carboxylic acids is 3. The van der Waals surface area contributed by atoms with Crippen molar-refractivity contribution in [3.8, 4) is 0 Å². The quantitative estimate of drug-likeness (QED) is 0.560. The fraction of sp³-hybridized carbons (Fsp3) is 0.211. The van der Waals surface area contributed by atoms with Crippen molar-refractivity contribution in [2.75, 3.05) is 6.61 Å². The molecular formula is C19H15BrO6. The van der Waals surface area contributed by atoms with Crippen LogP contribution in [-0.2, 0) is 19.0 Å². The van der Waals surface area contributed by atoms with Gasteiger partial charge < -0.3 is 14.2 Å². The zero-order valence-electron chi connectivity index (χ0n) is 13.5. The molecule has 0 saturated carbocycles. The second kappa shape index (κ2) is 8.25. The summed E-state index contributed by atoms with van der Waals surface area (Å²) in [6, 6.07) is 16.6. The molecule has 26 heavy (non-hydrogen) atoms. The number of alkyl halides is 1. The number of ether oxygens (including phenoxy) is 3. The normalized spacial score (nSPS) is 22.5. The van der Waals surface area contributed by atoms with E-state index in [0.29, 0.717) is 11.1 Å². The van der Waals surface area contributed by atoms with E-state index in [1.165, 1.54) is 0 Å². The molecule has 1 fully saturated rings. The van der Waals surface area contributed by atoms with Crippen molar-refractivity contribution in [1.82, 2.24) is 0 Å². The predicted molar refractivity (Wildman–Crippen MR) is 95.0 cm³/mol. The predicted octanol–water partition coefficient (Wildman–Crippen LogP) is 2.76. The van der Waals surface area contributed by atoms with Crippen LogP contribution in [0.1, 0.15) is 20.7 Å². The van der Waals surface area contributed by atoms with E-state index in [2.05, 4.69) is 15.9 Å². The highest BCUT2D eigenvalue weighted by Crippen LogP contribution is 2.22. The van der Waals surface area contributed by atoms with E-state index in [-0.39, 0.29) is 6.61 Å². The summed E-state index contributed by atoms with van der Waals surface area (Å²) >= 11 is 3.08. The third-order valence-corrected chi connectivity index (χ3v) is 4.48. The van der Waals surface area contributed by atoms with Crippen LogP contribution in [0, 0.1) is 0 Å². The van der Waals surface area contributed by atoms with Gasteiger partial charge in [-0.1, -0.05) is 36.4 Å². The molecule has 0 bridgehead atoms. The van der Waals surface area contributed by atoms with Gasteiger partial charge in [0.1, 0.15) is 0 Å². The van der Waals surface area contributed by atoms with Gasteiger partial charge in [-0.05, 0) is 40.2 Å². The summed E-state index contributed by atoms with van der Waals surface area (Å²) in [5.41, 5.74) is 0.625. The molecule has 0 N–H and O–H groups in total. The van der Waals surface area contributed by atoms with Gasteiger partial charge in [0.05, 0.1) is 17.7 Å². The minimum absolute atomic E-state index is 0.0764. The monoisotopic (exact) mass is 418 g/mol. The molecule has 1 aliphatic rings. The number of carbonyl (C=O) groups is 3. The summed E-state index contributed by atoms with van der Waals surface area (Å²) in [6.07, 6.45) is -2.29. The van der Waals surface area contributed by atoms with Crippen LogP contribution in [0.4, 0.5) is 0 Å². The van der Waals surface area contributed by atoms with Gasteiger partial charge in [0, 0.05) is 0 Å².